The Labute approximate surface area is 118 Å². The number of nitrogens with one attached hydrogen (secondary N) is 1. The van der Waals surface area contributed by atoms with E-state index in [1.807, 2.05) is 23.6 Å². The Bertz CT molecular complexity index is 599. The van der Waals surface area contributed by atoms with E-state index in [0.29, 0.717) is 6.54 Å². The third kappa shape index (κ3) is 4.04. The van der Waals surface area contributed by atoms with Gasteiger partial charge in [-0.15, -0.1) is 22.7 Å². The summed E-state index contributed by atoms with van der Waals surface area (Å²) < 4.78 is 0. The smallest absolute Gasteiger partial charge is 0.328 e. The van der Waals surface area contributed by atoms with Crippen molar-refractivity contribution in [3.05, 3.63) is 46.7 Å². The molecule has 0 aliphatic carbocycles. The standard InChI is InChI=1S/C13H11NO3S2/c15-12(5-6-13(16)17)14-8-9-3-4-11(19-9)10-2-1-7-18-10/h1-7H,8H2,(H,14,15)(H,16,17)/b6-5-. The molecule has 0 saturated carbocycles. The van der Waals surface area contributed by atoms with Crippen molar-refractivity contribution in [2.75, 3.05) is 0 Å². The second-order valence-electron chi connectivity index (χ2n) is 3.63. The molecule has 0 aliphatic rings. The lowest BCUT2D eigenvalue weighted by Gasteiger charge is -1.98. The summed E-state index contributed by atoms with van der Waals surface area (Å²) in [5.74, 6) is -1.54. The number of carboxylic acids is 1. The first-order valence-electron chi connectivity index (χ1n) is 5.46. The second kappa shape index (κ2) is 6.31. The summed E-state index contributed by atoms with van der Waals surface area (Å²) >= 11 is 3.28. The predicted molar refractivity (Wildman–Crippen MR) is 76.3 cm³/mol. The van der Waals surface area contributed by atoms with E-state index in [-0.39, 0.29) is 0 Å². The normalized spacial score (nSPS) is 10.7. The van der Waals surface area contributed by atoms with Crippen LogP contribution in [0.3, 0.4) is 0 Å². The van der Waals surface area contributed by atoms with E-state index in [4.69, 9.17) is 5.11 Å². The average molecular weight is 293 g/mol. The summed E-state index contributed by atoms with van der Waals surface area (Å²) in [5, 5.41) is 13.1. The lowest BCUT2D eigenvalue weighted by atomic mass is 10.3. The summed E-state index contributed by atoms with van der Waals surface area (Å²) in [7, 11) is 0. The van der Waals surface area contributed by atoms with Crippen molar-refractivity contribution >= 4 is 34.6 Å². The number of carbonyl (C=O) groups is 2. The topological polar surface area (TPSA) is 66.4 Å². The number of thiophene rings is 2. The first-order chi connectivity index (χ1) is 9.15. The molecule has 0 spiro atoms. The maximum Gasteiger partial charge on any atom is 0.328 e. The molecule has 2 aromatic rings. The van der Waals surface area contributed by atoms with Crippen molar-refractivity contribution in [3.8, 4) is 9.75 Å². The number of carbonyl (C=O) groups excluding carboxylic acids is 1. The molecule has 0 bridgehead atoms. The minimum Gasteiger partial charge on any atom is -0.478 e. The molecule has 2 aromatic heterocycles. The molecular formula is C13H11NO3S2. The lowest BCUT2D eigenvalue weighted by Crippen LogP contribution is -2.19. The van der Waals surface area contributed by atoms with Gasteiger partial charge >= 0.3 is 5.97 Å². The van der Waals surface area contributed by atoms with Crippen LogP contribution < -0.4 is 5.32 Å². The SMILES string of the molecule is O=C(O)/C=C\C(=O)NCc1ccc(-c2cccs2)s1. The van der Waals surface area contributed by atoms with Crippen molar-refractivity contribution in [1.29, 1.82) is 0 Å². The van der Waals surface area contributed by atoms with E-state index in [2.05, 4.69) is 11.4 Å². The number of aliphatic carboxylic acids is 1. The minimum absolute atomic E-state index is 0.402. The summed E-state index contributed by atoms with van der Waals surface area (Å²) in [6, 6.07) is 8.03. The monoisotopic (exact) mass is 293 g/mol. The predicted octanol–water partition coefficient (Wildman–Crippen LogP) is 2.73. The highest BCUT2D eigenvalue weighted by molar-refractivity contribution is 7.21. The van der Waals surface area contributed by atoms with Crippen molar-refractivity contribution in [2.45, 2.75) is 6.54 Å². The van der Waals surface area contributed by atoms with Gasteiger partial charge in [-0.2, -0.15) is 0 Å². The van der Waals surface area contributed by atoms with E-state index >= 15 is 0 Å². The third-order valence-corrected chi connectivity index (χ3v) is 4.39. The summed E-state index contributed by atoms with van der Waals surface area (Å²) in [4.78, 5) is 24.9. The number of hydrogen-bond donors (Lipinski definition) is 2. The highest BCUT2D eigenvalue weighted by atomic mass is 32.1. The zero-order chi connectivity index (χ0) is 13.7. The summed E-state index contributed by atoms with van der Waals surface area (Å²) in [6.45, 7) is 0.402. The maximum absolute atomic E-state index is 11.3. The molecule has 0 radical (unpaired) electrons. The molecule has 98 valence electrons. The molecule has 0 saturated heterocycles. The van der Waals surface area contributed by atoms with Crippen molar-refractivity contribution in [2.24, 2.45) is 0 Å². The third-order valence-electron chi connectivity index (χ3n) is 2.24. The number of rotatable bonds is 5. The van der Waals surface area contributed by atoms with Gasteiger partial charge in [-0.25, -0.2) is 4.79 Å². The van der Waals surface area contributed by atoms with E-state index in [1.165, 1.54) is 9.75 Å². The van der Waals surface area contributed by atoms with Gasteiger partial charge in [0, 0.05) is 26.8 Å². The van der Waals surface area contributed by atoms with Gasteiger partial charge in [0.25, 0.3) is 0 Å². The van der Waals surface area contributed by atoms with Crippen LogP contribution in [0.4, 0.5) is 0 Å². The van der Waals surface area contributed by atoms with Crippen LogP contribution in [0.2, 0.25) is 0 Å². The number of hydrogen-bond acceptors (Lipinski definition) is 4. The van der Waals surface area contributed by atoms with Crippen LogP contribution in [0.5, 0.6) is 0 Å². The van der Waals surface area contributed by atoms with Crippen LogP contribution >= 0.6 is 22.7 Å². The molecule has 4 nitrogen and oxygen atoms in total. The van der Waals surface area contributed by atoms with Gasteiger partial charge in [-0.05, 0) is 23.6 Å². The minimum atomic E-state index is -1.13. The van der Waals surface area contributed by atoms with E-state index in [9.17, 15) is 9.59 Å². The van der Waals surface area contributed by atoms with Gasteiger partial charge in [0.05, 0.1) is 6.54 Å². The van der Waals surface area contributed by atoms with Crippen molar-refractivity contribution in [1.82, 2.24) is 5.32 Å². The summed E-state index contributed by atoms with van der Waals surface area (Å²) in [6.07, 6.45) is 1.83. The van der Waals surface area contributed by atoms with Gasteiger partial charge in [-0.3, -0.25) is 4.79 Å². The first kappa shape index (κ1) is 13.5. The first-order valence-corrected chi connectivity index (χ1v) is 7.16. The fourth-order valence-electron chi connectivity index (χ4n) is 1.40. The second-order valence-corrected chi connectivity index (χ2v) is 5.75. The highest BCUT2D eigenvalue weighted by Gasteiger charge is 2.04. The van der Waals surface area contributed by atoms with Crippen LogP contribution in [0, 0.1) is 0 Å². The van der Waals surface area contributed by atoms with Gasteiger partial charge in [-0.1, -0.05) is 6.07 Å². The number of carboxylic acid groups (broad SMARTS) is 1. The van der Waals surface area contributed by atoms with Gasteiger partial charge in [0.1, 0.15) is 0 Å². The van der Waals surface area contributed by atoms with Crippen molar-refractivity contribution < 1.29 is 14.7 Å². The zero-order valence-corrected chi connectivity index (χ0v) is 11.5. The molecule has 19 heavy (non-hydrogen) atoms. The molecule has 2 heterocycles. The number of amides is 1. The fourth-order valence-corrected chi connectivity index (χ4v) is 3.19. The molecule has 2 rings (SSSR count). The molecule has 2 N–H and O–H groups in total. The molecule has 0 fully saturated rings. The molecule has 0 unspecified atom stereocenters. The van der Waals surface area contributed by atoms with Crippen LogP contribution in [-0.2, 0) is 16.1 Å². The largest absolute Gasteiger partial charge is 0.478 e. The molecular weight excluding hydrogens is 282 g/mol. The van der Waals surface area contributed by atoms with E-state index < -0.39 is 11.9 Å². The molecule has 1 amide bonds. The van der Waals surface area contributed by atoms with Gasteiger partial charge in [0.15, 0.2) is 0 Å². The Hall–Kier alpha value is -1.92. The zero-order valence-electron chi connectivity index (χ0n) is 9.83. The Morgan fingerprint density at radius 3 is 2.74 bits per heavy atom. The Kier molecular flexibility index (Phi) is 4.48. The van der Waals surface area contributed by atoms with E-state index in [0.717, 1.165) is 17.0 Å². The Balaban J connectivity index is 1.91. The van der Waals surface area contributed by atoms with Crippen LogP contribution in [0.25, 0.3) is 9.75 Å². The van der Waals surface area contributed by atoms with E-state index in [1.54, 1.807) is 22.7 Å². The molecule has 0 aliphatic heterocycles. The Morgan fingerprint density at radius 1 is 1.21 bits per heavy atom. The molecule has 0 atom stereocenters. The van der Waals surface area contributed by atoms with Crippen LogP contribution in [-0.4, -0.2) is 17.0 Å². The Morgan fingerprint density at radius 2 is 2.05 bits per heavy atom. The maximum atomic E-state index is 11.3. The van der Waals surface area contributed by atoms with Gasteiger partial charge < -0.3 is 10.4 Å². The lowest BCUT2D eigenvalue weighted by molar-refractivity contribution is -0.131. The van der Waals surface area contributed by atoms with Crippen LogP contribution in [0.15, 0.2) is 41.8 Å². The van der Waals surface area contributed by atoms with Gasteiger partial charge in [0.2, 0.25) is 5.91 Å². The summed E-state index contributed by atoms with van der Waals surface area (Å²) in [5.41, 5.74) is 0. The van der Waals surface area contributed by atoms with Crippen molar-refractivity contribution in [3.63, 3.8) is 0 Å². The average Bonchev–Trinajstić information content (AvgIpc) is 3.03. The molecule has 6 heteroatoms. The van der Waals surface area contributed by atoms with Crippen LogP contribution in [0.1, 0.15) is 4.88 Å². The fraction of sp³-hybridized carbons (Fsp3) is 0.0769. The highest BCUT2D eigenvalue weighted by Crippen LogP contribution is 2.31. The molecule has 0 aromatic carbocycles. The quantitative estimate of drug-likeness (QED) is 0.833.